The quantitative estimate of drug-likeness (QED) is 0.769. The fourth-order valence-electron chi connectivity index (χ4n) is 2.47. The molecule has 0 aliphatic carbocycles. The van der Waals surface area contributed by atoms with Crippen molar-refractivity contribution in [3.05, 3.63) is 42.5 Å². The number of fused-ring (bicyclic) bond motifs is 1. The molecule has 4 heteroatoms. The van der Waals surface area contributed by atoms with E-state index in [9.17, 15) is 5.11 Å². The molecule has 2 aromatic carbocycles. The molecular formula is C17H18N2OS. The zero-order chi connectivity index (χ0) is 14.8. The molecule has 0 atom stereocenters. The molecule has 0 unspecified atom stereocenters. The van der Waals surface area contributed by atoms with Gasteiger partial charge in [-0.25, -0.2) is 4.98 Å². The van der Waals surface area contributed by atoms with Crippen molar-refractivity contribution in [3.63, 3.8) is 0 Å². The Morgan fingerprint density at radius 3 is 2.52 bits per heavy atom. The van der Waals surface area contributed by atoms with Crippen LogP contribution in [0.1, 0.15) is 13.8 Å². The first-order valence-electron chi connectivity index (χ1n) is 7.16. The molecule has 3 rings (SSSR count). The molecule has 0 amide bonds. The largest absolute Gasteiger partial charge is 0.507 e. The van der Waals surface area contributed by atoms with Crippen LogP contribution in [0.15, 0.2) is 42.5 Å². The smallest absolute Gasteiger partial charge is 0.128 e. The number of nitrogens with zero attached hydrogens (tertiary/aromatic N) is 2. The van der Waals surface area contributed by atoms with Gasteiger partial charge in [0.05, 0.1) is 15.8 Å². The maximum absolute atomic E-state index is 10.3. The second-order valence-electron chi connectivity index (χ2n) is 4.86. The molecular weight excluding hydrogens is 280 g/mol. The average Bonchev–Trinajstić information content (AvgIpc) is 2.92. The summed E-state index contributed by atoms with van der Waals surface area (Å²) in [5.41, 5.74) is 2.82. The summed E-state index contributed by atoms with van der Waals surface area (Å²) in [6.45, 7) is 6.08. The standard InChI is InChI=1S/C17H18N2OS/c1-3-19(4-2)12-9-10-13(15(20)11-12)17-18-14-7-5-6-8-16(14)21-17/h5-11,20H,3-4H2,1-2H3. The monoisotopic (exact) mass is 298 g/mol. The van der Waals surface area contributed by atoms with Crippen molar-refractivity contribution in [3.8, 4) is 16.3 Å². The van der Waals surface area contributed by atoms with E-state index < -0.39 is 0 Å². The van der Waals surface area contributed by atoms with Gasteiger partial charge >= 0.3 is 0 Å². The van der Waals surface area contributed by atoms with Crippen LogP contribution in [0, 0.1) is 0 Å². The third-order valence-corrected chi connectivity index (χ3v) is 4.70. The minimum Gasteiger partial charge on any atom is -0.507 e. The highest BCUT2D eigenvalue weighted by Crippen LogP contribution is 2.37. The van der Waals surface area contributed by atoms with E-state index in [4.69, 9.17) is 0 Å². The number of aromatic hydroxyl groups is 1. The van der Waals surface area contributed by atoms with Crippen LogP contribution in [0.4, 0.5) is 5.69 Å². The van der Waals surface area contributed by atoms with E-state index in [1.807, 2.05) is 36.4 Å². The van der Waals surface area contributed by atoms with Gasteiger partial charge in [0, 0.05) is 24.8 Å². The van der Waals surface area contributed by atoms with E-state index in [0.29, 0.717) is 5.75 Å². The van der Waals surface area contributed by atoms with Crippen LogP contribution in [0.25, 0.3) is 20.8 Å². The molecule has 3 aromatic rings. The Kier molecular flexibility index (Phi) is 3.80. The molecule has 1 heterocycles. The number of phenols is 1. The fraction of sp³-hybridized carbons (Fsp3) is 0.235. The van der Waals surface area contributed by atoms with Gasteiger partial charge in [0.15, 0.2) is 0 Å². The molecule has 3 nitrogen and oxygen atoms in total. The first kappa shape index (κ1) is 13.9. The van der Waals surface area contributed by atoms with Gasteiger partial charge < -0.3 is 10.0 Å². The Morgan fingerprint density at radius 2 is 1.86 bits per heavy atom. The summed E-state index contributed by atoms with van der Waals surface area (Å²) in [6, 6.07) is 13.9. The van der Waals surface area contributed by atoms with Crippen LogP contribution in [-0.4, -0.2) is 23.2 Å². The van der Waals surface area contributed by atoms with Crippen LogP contribution in [0.2, 0.25) is 0 Å². The number of phenolic OH excluding ortho intramolecular Hbond substituents is 1. The van der Waals surface area contributed by atoms with Gasteiger partial charge in [-0.2, -0.15) is 0 Å². The number of benzene rings is 2. The molecule has 0 aliphatic heterocycles. The Morgan fingerprint density at radius 1 is 1.10 bits per heavy atom. The van der Waals surface area contributed by atoms with Gasteiger partial charge in [-0.05, 0) is 38.1 Å². The van der Waals surface area contributed by atoms with Crippen molar-refractivity contribution >= 4 is 27.2 Å². The molecule has 21 heavy (non-hydrogen) atoms. The van der Waals surface area contributed by atoms with Gasteiger partial charge in [-0.3, -0.25) is 0 Å². The Bertz CT molecular complexity index is 729. The Balaban J connectivity index is 2.02. The predicted octanol–water partition coefficient (Wildman–Crippen LogP) is 4.52. The minimum atomic E-state index is 0.290. The van der Waals surface area contributed by atoms with Crippen molar-refractivity contribution in [2.45, 2.75) is 13.8 Å². The van der Waals surface area contributed by atoms with E-state index in [1.54, 1.807) is 11.3 Å². The number of anilines is 1. The number of hydrogen-bond donors (Lipinski definition) is 1. The molecule has 0 spiro atoms. The Labute approximate surface area is 128 Å². The highest BCUT2D eigenvalue weighted by Gasteiger charge is 2.12. The number of thiazole rings is 1. The molecule has 0 bridgehead atoms. The maximum Gasteiger partial charge on any atom is 0.128 e. The van der Waals surface area contributed by atoms with E-state index in [1.165, 1.54) is 0 Å². The second-order valence-corrected chi connectivity index (χ2v) is 5.89. The highest BCUT2D eigenvalue weighted by atomic mass is 32.1. The maximum atomic E-state index is 10.3. The molecule has 0 fully saturated rings. The lowest BCUT2D eigenvalue weighted by atomic mass is 10.1. The molecule has 0 radical (unpaired) electrons. The van der Waals surface area contributed by atoms with E-state index in [0.717, 1.165) is 39.6 Å². The van der Waals surface area contributed by atoms with Crippen molar-refractivity contribution in [1.82, 2.24) is 4.98 Å². The molecule has 1 aromatic heterocycles. The minimum absolute atomic E-state index is 0.290. The summed E-state index contributed by atoms with van der Waals surface area (Å²) in [6.07, 6.45) is 0. The van der Waals surface area contributed by atoms with Crippen LogP contribution < -0.4 is 4.90 Å². The molecule has 0 saturated carbocycles. The van der Waals surface area contributed by atoms with Gasteiger partial charge in [0.1, 0.15) is 10.8 Å². The Hall–Kier alpha value is -2.07. The van der Waals surface area contributed by atoms with Gasteiger partial charge in [-0.1, -0.05) is 12.1 Å². The zero-order valence-electron chi connectivity index (χ0n) is 12.2. The lowest BCUT2D eigenvalue weighted by Gasteiger charge is -2.21. The lowest BCUT2D eigenvalue weighted by molar-refractivity contribution is 0.477. The summed E-state index contributed by atoms with van der Waals surface area (Å²) < 4.78 is 1.14. The van der Waals surface area contributed by atoms with Crippen LogP contribution in [0.3, 0.4) is 0 Å². The zero-order valence-corrected chi connectivity index (χ0v) is 13.0. The first-order chi connectivity index (χ1) is 10.2. The third-order valence-electron chi connectivity index (χ3n) is 3.63. The third kappa shape index (κ3) is 2.59. The SMILES string of the molecule is CCN(CC)c1ccc(-c2nc3ccccc3s2)c(O)c1. The van der Waals surface area contributed by atoms with Gasteiger partial charge in [0.2, 0.25) is 0 Å². The van der Waals surface area contributed by atoms with Crippen molar-refractivity contribution < 1.29 is 5.11 Å². The van der Waals surface area contributed by atoms with Crippen molar-refractivity contribution in [1.29, 1.82) is 0 Å². The average molecular weight is 298 g/mol. The van der Waals surface area contributed by atoms with Crippen molar-refractivity contribution in [2.24, 2.45) is 0 Å². The lowest BCUT2D eigenvalue weighted by Crippen LogP contribution is -2.21. The summed E-state index contributed by atoms with van der Waals surface area (Å²) in [5, 5.41) is 11.2. The molecule has 1 N–H and O–H groups in total. The molecule has 0 saturated heterocycles. The van der Waals surface area contributed by atoms with E-state index in [-0.39, 0.29) is 0 Å². The topological polar surface area (TPSA) is 36.4 Å². The molecule has 108 valence electrons. The fourth-order valence-corrected chi connectivity index (χ4v) is 3.47. The number of para-hydroxylation sites is 1. The number of hydrogen-bond acceptors (Lipinski definition) is 4. The highest BCUT2D eigenvalue weighted by molar-refractivity contribution is 7.21. The first-order valence-corrected chi connectivity index (χ1v) is 7.98. The number of aromatic nitrogens is 1. The van der Waals surface area contributed by atoms with Crippen LogP contribution in [0.5, 0.6) is 5.75 Å². The summed E-state index contributed by atoms with van der Waals surface area (Å²) >= 11 is 1.61. The van der Waals surface area contributed by atoms with Crippen LogP contribution >= 0.6 is 11.3 Å². The van der Waals surface area contributed by atoms with E-state index >= 15 is 0 Å². The van der Waals surface area contributed by atoms with Crippen LogP contribution in [-0.2, 0) is 0 Å². The summed E-state index contributed by atoms with van der Waals surface area (Å²) in [7, 11) is 0. The summed E-state index contributed by atoms with van der Waals surface area (Å²) in [4.78, 5) is 6.81. The van der Waals surface area contributed by atoms with Gasteiger partial charge in [0.25, 0.3) is 0 Å². The molecule has 0 aliphatic rings. The van der Waals surface area contributed by atoms with E-state index in [2.05, 4.69) is 29.8 Å². The van der Waals surface area contributed by atoms with Crippen molar-refractivity contribution in [2.75, 3.05) is 18.0 Å². The predicted molar refractivity (Wildman–Crippen MR) is 90.3 cm³/mol. The summed E-state index contributed by atoms with van der Waals surface area (Å²) in [5.74, 6) is 0.290. The van der Waals surface area contributed by atoms with Gasteiger partial charge in [-0.15, -0.1) is 11.3 Å². The second kappa shape index (κ2) is 5.74. The normalized spacial score (nSPS) is 11.0. The number of rotatable bonds is 4.